The van der Waals surface area contributed by atoms with E-state index in [0.29, 0.717) is 25.6 Å². The number of hydrogen-bond donors (Lipinski definition) is 3. The molecule has 0 bridgehead atoms. The molecular weight excluding hydrogens is 380 g/mol. The lowest BCUT2D eigenvalue weighted by molar-refractivity contribution is -0.138. The van der Waals surface area contributed by atoms with Crippen molar-refractivity contribution in [2.45, 2.75) is 51.0 Å². The summed E-state index contributed by atoms with van der Waals surface area (Å²) < 4.78 is 10.7. The van der Waals surface area contributed by atoms with Crippen molar-refractivity contribution >= 4 is 20.1 Å². The quantitative estimate of drug-likeness (QED) is 0.259. The monoisotopic (exact) mass is 412 g/mol. The number of hydrogen-bond acceptors (Lipinski definition) is 6. The molecule has 0 aliphatic carbocycles. The average molecular weight is 413 g/mol. The second-order valence-electron chi connectivity index (χ2n) is 7.75. The number of aliphatic carboxylic acids is 1. The number of carboxylic acid groups (broad SMARTS) is 1. The highest BCUT2D eigenvalue weighted by Gasteiger charge is 2.14. The zero-order chi connectivity index (χ0) is 21.0. The van der Waals surface area contributed by atoms with Crippen LogP contribution in [0.15, 0.2) is 24.3 Å². The summed E-state index contributed by atoms with van der Waals surface area (Å²) in [4.78, 5) is 27.3. The standard InChI is InChI=1S/C19H32N2O6Si/c1-28(2,3)13-12-26-19(24)21-27-11-5-4-10-25-16-8-6-15(7-9-16)14-17(20)18(22)23/h6-9,17H,4-5,10-14,20H2,1-3H3,(H,21,24)(H,22,23). The van der Waals surface area contributed by atoms with Crippen molar-refractivity contribution in [2.24, 2.45) is 5.73 Å². The average Bonchev–Trinajstić information content (AvgIpc) is 2.61. The highest BCUT2D eigenvalue weighted by atomic mass is 28.3. The molecule has 0 aliphatic heterocycles. The number of amides is 1. The molecule has 8 nitrogen and oxygen atoms in total. The lowest BCUT2D eigenvalue weighted by atomic mass is 10.1. The number of carbonyl (C=O) groups excluding carboxylic acids is 1. The van der Waals surface area contributed by atoms with Crippen molar-refractivity contribution in [1.29, 1.82) is 0 Å². The summed E-state index contributed by atoms with van der Waals surface area (Å²) in [5.74, 6) is -0.311. The van der Waals surface area contributed by atoms with E-state index in [2.05, 4.69) is 25.1 Å². The van der Waals surface area contributed by atoms with Gasteiger partial charge in [-0.15, -0.1) is 0 Å². The van der Waals surface area contributed by atoms with Gasteiger partial charge in [0.15, 0.2) is 0 Å². The highest BCUT2D eigenvalue weighted by molar-refractivity contribution is 6.76. The Morgan fingerprint density at radius 1 is 1.11 bits per heavy atom. The molecule has 9 heteroatoms. The van der Waals surface area contributed by atoms with Crippen LogP contribution in [-0.4, -0.2) is 51.1 Å². The van der Waals surface area contributed by atoms with Gasteiger partial charge in [-0.25, -0.2) is 4.79 Å². The smallest absolute Gasteiger partial charge is 0.431 e. The zero-order valence-electron chi connectivity index (χ0n) is 16.9. The first-order chi connectivity index (χ1) is 13.2. The largest absolute Gasteiger partial charge is 0.494 e. The summed E-state index contributed by atoms with van der Waals surface area (Å²) in [6.45, 7) is 7.96. The van der Waals surface area contributed by atoms with Gasteiger partial charge in [0.05, 0.1) is 19.8 Å². The molecule has 4 N–H and O–H groups in total. The van der Waals surface area contributed by atoms with E-state index in [-0.39, 0.29) is 6.42 Å². The Balaban J connectivity index is 2.07. The van der Waals surface area contributed by atoms with E-state index in [1.54, 1.807) is 24.3 Å². The maximum Gasteiger partial charge on any atom is 0.431 e. The Morgan fingerprint density at radius 3 is 2.36 bits per heavy atom. The van der Waals surface area contributed by atoms with E-state index in [4.69, 9.17) is 25.2 Å². The number of carboxylic acids is 1. The van der Waals surface area contributed by atoms with E-state index in [0.717, 1.165) is 24.4 Å². The van der Waals surface area contributed by atoms with Gasteiger partial charge in [0.25, 0.3) is 0 Å². The first-order valence-corrected chi connectivity index (χ1v) is 13.1. The van der Waals surface area contributed by atoms with Crippen LogP contribution in [0, 0.1) is 0 Å². The molecule has 158 valence electrons. The van der Waals surface area contributed by atoms with Crippen LogP contribution in [0.1, 0.15) is 18.4 Å². The van der Waals surface area contributed by atoms with Crippen molar-refractivity contribution in [3.63, 3.8) is 0 Å². The number of nitrogens with two attached hydrogens (primary N) is 1. The van der Waals surface area contributed by atoms with Gasteiger partial charge in [0.2, 0.25) is 0 Å². The van der Waals surface area contributed by atoms with Gasteiger partial charge in [-0.05, 0) is 43.0 Å². The molecule has 1 aromatic carbocycles. The van der Waals surface area contributed by atoms with Gasteiger partial charge in [0.1, 0.15) is 11.8 Å². The summed E-state index contributed by atoms with van der Waals surface area (Å²) in [6, 6.07) is 7.21. The number of benzene rings is 1. The third-order valence-electron chi connectivity index (χ3n) is 3.85. The lowest BCUT2D eigenvalue weighted by Crippen LogP contribution is -2.32. The van der Waals surface area contributed by atoms with Crippen LogP contribution < -0.4 is 16.0 Å². The van der Waals surface area contributed by atoms with Gasteiger partial charge in [-0.2, -0.15) is 5.48 Å². The van der Waals surface area contributed by atoms with Gasteiger partial charge < -0.3 is 20.3 Å². The van der Waals surface area contributed by atoms with Gasteiger partial charge in [-0.3, -0.25) is 9.63 Å². The van der Waals surface area contributed by atoms with E-state index in [9.17, 15) is 9.59 Å². The summed E-state index contributed by atoms with van der Waals surface area (Å²) >= 11 is 0. The molecule has 0 aliphatic rings. The molecule has 1 atom stereocenters. The fourth-order valence-corrected chi connectivity index (χ4v) is 2.83. The van der Waals surface area contributed by atoms with Crippen molar-refractivity contribution in [1.82, 2.24) is 5.48 Å². The second kappa shape index (κ2) is 12.4. The third kappa shape index (κ3) is 11.6. The molecule has 0 heterocycles. The van der Waals surface area contributed by atoms with Gasteiger partial charge in [-0.1, -0.05) is 31.8 Å². The van der Waals surface area contributed by atoms with E-state index >= 15 is 0 Å². The first kappa shape index (κ1) is 23.9. The van der Waals surface area contributed by atoms with Gasteiger partial charge in [0, 0.05) is 8.07 Å². The number of rotatable bonds is 13. The van der Waals surface area contributed by atoms with Crippen LogP contribution in [0.25, 0.3) is 0 Å². The maximum atomic E-state index is 11.4. The Hall–Kier alpha value is -2.10. The molecule has 1 rings (SSSR count). The Kier molecular flexibility index (Phi) is 10.6. The zero-order valence-corrected chi connectivity index (χ0v) is 17.9. The fraction of sp³-hybridized carbons (Fsp3) is 0.579. The minimum atomic E-state index is -1.21. The molecule has 1 unspecified atom stereocenters. The Labute approximate surface area is 167 Å². The first-order valence-electron chi connectivity index (χ1n) is 9.42. The van der Waals surface area contributed by atoms with E-state index in [1.807, 2.05) is 0 Å². The molecule has 28 heavy (non-hydrogen) atoms. The molecule has 0 fully saturated rings. The SMILES string of the molecule is C[Si](C)(C)CCOC(=O)NOCCCCOc1ccc(CC(N)C(=O)O)cc1. The van der Waals surface area contributed by atoms with Crippen LogP contribution in [-0.2, 0) is 20.8 Å². The Bertz CT molecular complexity index is 603. The van der Waals surface area contributed by atoms with Crippen LogP contribution >= 0.6 is 0 Å². The van der Waals surface area contributed by atoms with Crippen molar-refractivity contribution in [2.75, 3.05) is 19.8 Å². The summed E-state index contributed by atoms with van der Waals surface area (Å²) in [5.41, 5.74) is 8.62. The molecule has 0 aromatic heterocycles. The molecule has 0 radical (unpaired) electrons. The van der Waals surface area contributed by atoms with E-state index in [1.165, 1.54) is 0 Å². The molecule has 0 saturated heterocycles. The minimum Gasteiger partial charge on any atom is -0.494 e. The van der Waals surface area contributed by atoms with Crippen LogP contribution in [0.3, 0.4) is 0 Å². The molecule has 0 saturated carbocycles. The summed E-state index contributed by atoms with van der Waals surface area (Å²) in [5, 5.41) is 8.81. The molecule has 0 spiro atoms. The lowest BCUT2D eigenvalue weighted by Gasteiger charge is -2.15. The third-order valence-corrected chi connectivity index (χ3v) is 5.55. The molecule has 1 amide bonds. The Morgan fingerprint density at radius 2 is 1.75 bits per heavy atom. The van der Waals surface area contributed by atoms with Gasteiger partial charge >= 0.3 is 12.1 Å². The normalized spacial score (nSPS) is 12.3. The number of unbranched alkanes of at least 4 members (excludes halogenated alkanes) is 1. The van der Waals surface area contributed by atoms with Crippen molar-refractivity contribution < 1.29 is 29.0 Å². The molecular formula is C19H32N2O6Si. The van der Waals surface area contributed by atoms with Crippen LogP contribution in [0.2, 0.25) is 25.7 Å². The number of carbonyl (C=O) groups is 2. The second-order valence-corrected chi connectivity index (χ2v) is 13.4. The van der Waals surface area contributed by atoms with E-state index < -0.39 is 26.2 Å². The van der Waals surface area contributed by atoms with Crippen LogP contribution in [0.5, 0.6) is 5.75 Å². The highest BCUT2D eigenvalue weighted by Crippen LogP contribution is 2.14. The fourth-order valence-electron chi connectivity index (χ4n) is 2.12. The van der Waals surface area contributed by atoms with Crippen molar-refractivity contribution in [3.8, 4) is 5.75 Å². The number of nitrogens with one attached hydrogen (secondary N) is 1. The number of ether oxygens (including phenoxy) is 2. The predicted molar refractivity (Wildman–Crippen MR) is 109 cm³/mol. The topological polar surface area (TPSA) is 120 Å². The molecule has 1 aromatic rings. The minimum absolute atomic E-state index is 0.278. The summed E-state index contributed by atoms with van der Waals surface area (Å²) in [7, 11) is -1.21. The number of hydroxylamine groups is 1. The van der Waals surface area contributed by atoms with Crippen molar-refractivity contribution in [3.05, 3.63) is 29.8 Å². The predicted octanol–water partition coefficient (Wildman–Crippen LogP) is 2.80. The summed E-state index contributed by atoms with van der Waals surface area (Å²) in [6.07, 6.45) is 1.21. The van der Waals surface area contributed by atoms with Crippen LogP contribution in [0.4, 0.5) is 4.79 Å². The maximum absolute atomic E-state index is 11.4.